The maximum absolute atomic E-state index is 12.8. The maximum atomic E-state index is 12.8. The van der Waals surface area contributed by atoms with Crippen LogP contribution in [0.3, 0.4) is 0 Å². The van der Waals surface area contributed by atoms with Crippen LogP contribution in [0, 0.1) is 5.41 Å². The number of halogens is 4. The molecular weight excluding hydrogens is 331 g/mol. The first-order valence-corrected chi connectivity index (χ1v) is 7.23. The summed E-state index contributed by atoms with van der Waals surface area (Å²) in [7, 11) is 0. The van der Waals surface area contributed by atoms with Crippen LogP contribution in [-0.4, -0.2) is 17.1 Å². The summed E-state index contributed by atoms with van der Waals surface area (Å²) in [5.74, 6) is -0.382. The van der Waals surface area contributed by atoms with Crippen molar-refractivity contribution in [2.24, 2.45) is 10.4 Å². The van der Waals surface area contributed by atoms with E-state index in [4.69, 9.17) is 11.6 Å². The summed E-state index contributed by atoms with van der Waals surface area (Å²) >= 11 is 5.53. The molecule has 1 aromatic carbocycles. The quantitative estimate of drug-likeness (QED) is 0.743. The molecule has 0 saturated heterocycles. The lowest BCUT2D eigenvalue weighted by molar-refractivity contribution is -0.137. The molecule has 0 amide bonds. The third-order valence-electron chi connectivity index (χ3n) is 3.49. The highest BCUT2D eigenvalue weighted by atomic mass is 35.5. The van der Waals surface area contributed by atoms with Gasteiger partial charge in [0.2, 0.25) is 0 Å². The Kier molecular flexibility index (Phi) is 4.57. The number of hydrogen-bond donors (Lipinski definition) is 1. The first kappa shape index (κ1) is 17.5. The molecular formula is C16H15ClF3NO2. The minimum absolute atomic E-state index is 0.000316. The van der Waals surface area contributed by atoms with Crippen LogP contribution in [-0.2, 0) is 11.0 Å². The van der Waals surface area contributed by atoms with Crippen molar-refractivity contribution in [2.45, 2.75) is 32.9 Å². The molecule has 7 heteroatoms. The van der Waals surface area contributed by atoms with Gasteiger partial charge in [0.1, 0.15) is 5.76 Å². The van der Waals surface area contributed by atoms with Gasteiger partial charge in [-0.25, -0.2) is 0 Å². The zero-order valence-electron chi connectivity index (χ0n) is 12.5. The Bertz CT molecular complexity index is 706. The summed E-state index contributed by atoms with van der Waals surface area (Å²) in [5.41, 5.74) is -1.31. The predicted molar refractivity (Wildman–Crippen MR) is 82.3 cm³/mol. The van der Waals surface area contributed by atoms with Gasteiger partial charge >= 0.3 is 6.18 Å². The van der Waals surface area contributed by atoms with Crippen molar-refractivity contribution in [3.8, 4) is 0 Å². The number of benzene rings is 1. The van der Waals surface area contributed by atoms with Crippen LogP contribution in [0.4, 0.5) is 18.9 Å². The first-order chi connectivity index (χ1) is 10.5. The molecule has 0 atom stereocenters. The van der Waals surface area contributed by atoms with Gasteiger partial charge in [0, 0.05) is 19.1 Å². The summed E-state index contributed by atoms with van der Waals surface area (Å²) in [4.78, 5) is 15.9. The molecule has 0 spiro atoms. The molecule has 0 aromatic heterocycles. The third kappa shape index (κ3) is 4.13. The summed E-state index contributed by atoms with van der Waals surface area (Å²) in [5, 5.41) is 9.53. The van der Waals surface area contributed by atoms with E-state index in [1.54, 1.807) is 0 Å². The second-order valence-corrected chi connectivity index (χ2v) is 6.63. The number of allylic oxidation sites excluding steroid dienone is 2. The largest absolute Gasteiger partial charge is 0.511 e. The Balaban J connectivity index is 2.33. The molecule has 124 valence electrons. The SMILES string of the molecule is CC1(C)CC(=O)C(C=Nc2ccc(Cl)c(C(F)(F)F)c2)=C(O)C1. The smallest absolute Gasteiger partial charge is 0.417 e. The highest BCUT2D eigenvalue weighted by Crippen LogP contribution is 2.37. The Morgan fingerprint density at radius 3 is 2.52 bits per heavy atom. The monoisotopic (exact) mass is 345 g/mol. The van der Waals surface area contributed by atoms with Gasteiger partial charge < -0.3 is 5.11 Å². The van der Waals surface area contributed by atoms with Crippen molar-refractivity contribution >= 4 is 29.3 Å². The number of rotatable bonds is 2. The van der Waals surface area contributed by atoms with E-state index in [2.05, 4.69) is 4.99 Å². The fraction of sp³-hybridized carbons (Fsp3) is 0.375. The van der Waals surface area contributed by atoms with Gasteiger partial charge in [-0.3, -0.25) is 9.79 Å². The molecule has 0 aliphatic heterocycles. The highest BCUT2D eigenvalue weighted by molar-refractivity contribution is 6.31. The van der Waals surface area contributed by atoms with Gasteiger partial charge in [0.05, 0.1) is 21.8 Å². The zero-order chi connectivity index (χ0) is 17.4. The van der Waals surface area contributed by atoms with Gasteiger partial charge in [-0.05, 0) is 23.6 Å². The summed E-state index contributed by atoms with van der Waals surface area (Å²) in [6, 6.07) is 3.20. The van der Waals surface area contributed by atoms with E-state index in [0.29, 0.717) is 6.42 Å². The number of aliphatic hydroxyl groups is 1. The molecule has 1 aliphatic carbocycles. The van der Waals surface area contributed by atoms with Gasteiger partial charge in [-0.15, -0.1) is 0 Å². The minimum Gasteiger partial charge on any atom is -0.511 e. The number of hydrogen-bond acceptors (Lipinski definition) is 3. The lowest BCUT2D eigenvalue weighted by atomic mass is 9.77. The average Bonchev–Trinajstić information content (AvgIpc) is 2.36. The topological polar surface area (TPSA) is 49.7 Å². The summed E-state index contributed by atoms with van der Waals surface area (Å²) in [6.07, 6.45) is -2.92. The van der Waals surface area contributed by atoms with Crippen LogP contribution in [0.25, 0.3) is 0 Å². The molecule has 1 N–H and O–H groups in total. The Morgan fingerprint density at radius 2 is 1.96 bits per heavy atom. The van der Waals surface area contributed by atoms with Crippen molar-refractivity contribution in [1.29, 1.82) is 0 Å². The molecule has 0 bridgehead atoms. The number of aliphatic imine (C=N–C) groups is 1. The molecule has 0 fully saturated rings. The fourth-order valence-electron chi connectivity index (χ4n) is 2.40. The van der Waals surface area contributed by atoms with Crippen molar-refractivity contribution < 1.29 is 23.1 Å². The van der Waals surface area contributed by atoms with E-state index in [1.165, 1.54) is 6.07 Å². The van der Waals surface area contributed by atoms with E-state index in [9.17, 15) is 23.1 Å². The van der Waals surface area contributed by atoms with E-state index in [-0.39, 0.29) is 34.6 Å². The highest BCUT2D eigenvalue weighted by Gasteiger charge is 2.34. The standard InChI is InChI=1S/C16H15ClF3NO2/c1-15(2)6-13(22)10(14(23)7-15)8-21-9-3-4-12(17)11(5-9)16(18,19)20/h3-5,8,22H,6-7H2,1-2H3. The van der Waals surface area contributed by atoms with Crippen LogP contribution in [0.2, 0.25) is 5.02 Å². The summed E-state index contributed by atoms with van der Waals surface area (Å²) < 4.78 is 38.4. The maximum Gasteiger partial charge on any atom is 0.417 e. The molecule has 0 heterocycles. The molecule has 1 aliphatic rings. The molecule has 23 heavy (non-hydrogen) atoms. The second kappa shape index (κ2) is 6.00. The van der Waals surface area contributed by atoms with Gasteiger partial charge in [-0.2, -0.15) is 13.2 Å². The number of nitrogens with zero attached hydrogens (tertiary/aromatic N) is 1. The number of Topliss-reactive ketones (excluding diaryl/α,β-unsaturated/α-hetero) is 1. The predicted octanol–water partition coefficient (Wildman–Crippen LogP) is 5.26. The summed E-state index contributed by atoms with van der Waals surface area (Å²) in [6.45, 7) is 3.70. The van der Waals surface area contributed by atoms with Crippen LogP contribution in [0.5, 0.6) is 0 Å². The first-order valence-electron chi connectivity index (χ1n) is 6.86. The van der Waals surface area contributed by atoms with Crippen LogP contribution in [0.15, 0.2) is 34.5 Å². The van der Waals surface area contributed by atoms with Gasteiger partial charge in [0.15, 0.2) is 5.78 Å². The second-order valence-electron chi connectivity index (χ2n) is 6.22. The minimum atomic E-state index is -4.59. The zero-order valence-corrected chi connectivity index (χ0v) is 13.3. The lowest BCUT2D eigenvalue weighted by Crippen LogP contribution is -2.26. The Morgan fingerprint density at radius 1 is 1.30 bits per heavy atom. The number of aliphatic hydroxyl groups excluding tert-OH is 1. The average molecular weight is 346 g/mol. The van der Waals surface area contributed by atoms with Crippen LogP contribution < -0.4 is 0 Å². The molecule has 0 saturated carbocycles. The van der Waals surface area contributed by atoms with E-state index < -0.39 is 16.8 Å². The molecule has 2 rings (SSSR count). The third-order valence-corrected chi connectivity index (χ3v) is 3.82. The van der Waals surface area contributed by atoms with Crippen LogP contribution in [0.1, 0.15) is 32.3 Å². The van der Waals surface area contributed by atoms with E-state index in [0.717, 1.165) is 18.3 Å². The van der Waals surface area contributed by atoms with E-state index >= 15 is 0 Å². The lowest BCUT2D eigenvalue weighted by Gasteiger charge is -2.28. The Labute approximate surface area is 136 Å². The van der Waals surface area contributed by atoms with Crippen molar-refractivity contribution in [1.82, 2.24) is 0 Å². The van der Waals surface area contributed by atoms with Gasteiger partial charge in [-0.1, -0.05) is 25.4 Å². The van der Waals surface area contributed by atoms with Crippen molar-refractivity contribution in [2.75, 3.05) is 0 Å². The number of carbonyl (C=O) groups excluding carboxylic acids is 1. The number of ketones is 1. The number of carbonyl (C=O) groups is 1. The van der Waals surface area contributed by atoms with Gasteiger partial charge in [0.25, 0.3) is 0 Å². The molecule has 0 radical (unpaired) electrons. The molecule has 1 aromatic rings. The van der Waals surface area contributed by atoms with E-state index in [1.807, 2.05) is 13.8 Å². The van der Waals surface area contributed by atoms with Crippen LogP contribution >= 0.6 is 11.6 Å². The molecule has 0 unspecified atom stereocenters. The normalized spacial score (nSPS) is 18.8. The van der Waals surface area contributed by atoms with Crippen molar-refractivity contribution in [3.05, 3.63) is 40.1 Å². The fourth-order valence-corrected chi connectivity index (χ4v) is 2.62. The molecule has 3 nitrogen and oxygen atoms in total. The Hall–Kier alpha value is -1.82. The van der Waals surface area contributed by atoms with Crippen molar-refractivity contribution in [3.63, 3.8) is 0 Å². The number of alkyl halides is 3.